The number of hydrogen-bond acceptors (Lipinski definition) is 7. The molecular formula is C34H45N6O5S. The van der Waals surface area contributed by atoms with Crippen molar-refractivity contribution in [2.45, 2.75) is 77.2 Å². The van der Waals surface area contributed by atoms with E-state index in [1.807, 2.05) is 74.7 Å². The average Bonchev–Trinajstić information content (AvgIpc) is 3.47. The summed E-state index contributed by atoms with van der Waals surface area (Å²) in [6, 6.07) is 11.8. The molecular weight excluding hydrogens is 604 g/mol. The Balaban J connectivity index is 1.74. The molecule has 2 aromatic carbocycles. The number of nitrogens with two attached hydrogens (primary N) is 1. The van der Waals surface area contributed by atoms with Gasteiger partial charge in [-0.05, 0) is 29.0 Å². The Hall–Kier alpha value is -4.16. The van der Waals surface area contributed by atoms with Crippen LogP contribution in [-0.4, -0.2) is 70.9 Å². The quantitative estimate of drug-likeness (QED) is 0.110. The van der Waals surface area contributed by atoms with Crippen molar-refractivity contribution in [3.63, 3.8) is 0 Å². The van der Waals surface area contributed by atoms with E-state index in [9.17, 15) is 24.0 Å². The number of amides is 4. The van der Waals surface area contributed by atoms with E-state index >= 15 is 0 Å². The fourth-order valence-corrected chi connectivity index (χ4v) is 5.26. The van der Waals surface area contributed by atoms with Gasteiger partial charge in [-0.3, -0.25) is 24.0 Å². The highest BCUT2D eigenvalue weighted by atomic mass is 32.1. The molecule has 0 saturated heterocycles. The molecule has 247 valence electrons. The van der Waals surface area contributed by atoms with Crippen LogP contribution in [0.5, 0.6) is 0 Å². The number of benzene rings is 2. The third kappa shape index (κ3) is 9.92. The summed E-state index contributed by atoms with van der Waals surface area (Å²) in [5.41, 5.74) is 8.58. The van der Waals surface area contributed by atoms with Gasteiger partial charge < -0.3 is 32.0 Å². The van der Waals surface area contributed by atoms with Gasteiger partial charge in [0.25, 0.3) is 0 Å². The third-order valence-electron chi connectivity index (χ3n) is 8.10. The number of aromatic amines is 1. The number of para-hydroxylation sites is 1. The molecule has 1 aromatic heterocycles. The lowest BCUT2D eigenvalue weighted by molar-refractivity contribution is -0.134. The summed E-state index contributed by atoms with van der Waals surface area (Å²) >= 11 is 4.28. The molecule has 1 heterocycles. The minimum atomic E-state index is -1.12. The number of carbonyl (C=O) groups is 4. The van der Waals surface area contributed by atoms with Crippen molar-refractivity contribution in [3.8, 4) is 0 Å². The van der Waals surface area contributed by atoms with Gasteiger partial charge in [0, 0.05) is 35.7 Å². The van der Waals surface area contributed by atoms with E-state index in [0.717, 1.165) is 22.0 Å². The summed E-state index contributed by atoms with van der Waals surface area (Å²) in [5, 5.41) is 11.7. The predicted molar refractivity (Wildman–Crippen MR) is 182 cm³/mol. The standard InChI is InChI=1S/C34H45N6O5S/c1-5-21(4)29(35)33(44)40-30(20(2)3)34(45)39-28(19-46)32(43)38-27(15-22-11-7-6-8-12-22)31(42)37-24(18-41)16-23-17-36-26-14-10-9-13-25(23)26/h6-14,17,20-21,24,27-30,36,46H,5,15-16,19,35H2,1-4H3,(H,37,42)(H,38,43)(H,39,45)(H,40,44). The second-order valence-electron chi connectivity index (χ2n) is 11.9. The average molecular weight is 650 g/mol. The van der Waals surface area contributed by atoms with E-state index in [1.54, 1.807) is 20.0 Å². The van der Waals surface area contributed by atoms with E-state index in [-0.39, 0.29) is 30.4 Å². The van der Waals surface area contributed by atoms with Gasteiger partial charge in [-0.15, -0.1) is 0 Å². The zero-order chi connectivity index (χ0) is 33.8. The van der Waals surface area contributed by atoms with E-state index < -0.39 is 53.8 Å². The molecule has 1 radical (unpaired) electrons. The maximum atomic E-state index is 13.6. The Morgan fingerprint density at radius 1 is 0.826 bits per heavy atom. The predicted octanol–water partition coefficient (Wildman–Crippen LogP) is 1.96. The van der Waals surface area contributed by atoms with Gasteiger partial charge >= 0.3 is 0 Å². The lowest BCUT2D eigenvalue weighted by Crippen LogP contribution is -2.60. The minimum Gasteiger partial charge on any atom is -0.361 e. The monoisotopic (exact) mass is 649 g/mol. The maximum Gasteiger partial charge on any atom is 0.244 e. The smallest absolute Gasteiger partial charge is 0.244 e. The number of H-pyrrole nitrogens is 1. The first kappa shape index (κ1) is 36.3. The summed E-state index contributed by atoms with van der Waals surface area (Å²) in [5.74, 6) is -2.72. The van der Waals surface area contributed by atoms with Crippen molar-refractivity contribution < 1.29 is 24.0 Å². The fourth-order valence-electron chi connectivity index (χ4n) is 5.00. The van der Waals surface area contributed by atoms with Crippen LogP contribution in [0.1, 0.15) is 45.2 Å². The van der Waals surface area contributed by atoms with Crippen LogP contribution in [0.25, 0.3) is 10.9 Å². The van der Waals surface area contributed by atoms with E-state index in [2.05, 4.69) is 38.9 Å². The molecule has 12 heteroatoms. The summed E-state index contributed by atoms with van der Waals surface area (Å²) < 4.78 is 0. The summed E-state index contributed by atoms with van der Waals surface area (Å²) in [7, 11) is 0. The zero-order valence-corrected chi connectivity index (χ0v) is 27.6. The van der Waals surface area contributed by atoms with Crippen LogP contribution in [0.3, 0.4) is 0 Å². The first-order valence-corrected chi connectivity index (χ1v) is 16.2. The number of carbonyl (C=O) groups excluding carboxylic acids is 5. The number of rotatable bonds is 17. The summed E-state index contributed by atoms with van der Waals surface area (Å²) in [4.78, 5) is 68.2. The molecule has 0 spiro atoms. The van der Waals surface area contributed by atoms with Gasteiger partial charge in [-0.2, -0.15) is 12.6 Å². The Morgan fingerprint density at radius 2 is 1.46 bits per heavy atom. The largest absolute Gasteiger partial charge is 0.361 e. The Kier molecular flexibility index (Phi) is 13.8. The van der Waals surface area contributed by atoms with Crippen LogP contribution >= 0.6 is 12.6 Å². The topological polar surface area (TPSA) is 175 Å². The van der Waals surface area contributed by atoms with Gasteiger partial charge in [0.05, 0.1) is 12.1 Å². The number of aromatic nitrogens is 1. The van der Waals surface area contributed by atoms with Crippen LogP contribution in [0.15, 0.2) is 60.8 Å². The highest BCUT2D eigenvalue weighted by molar-refractivity contribution is 7.80. The number of nitrogens with one attached hydrogen (secondary N) is 5. The maximum absolute atomic E-state index is 13.6. The second kappa shape index (κ2) is 17.5. The molecule has 3 aromatic rings. The summed E-state index contributed by atoms with van der Waals surface area (Å²) in [6.45, 7) is 7.32. The summed E-state index contributed by atoms with van der Waals surface area (Å²) in [6.07, 6.45) is 4.71. The molecule has 4 amide bonds. The zero-order valence-electron chi connectivity index (χ0n) is 26.7. The van der Waals surface area contributed by atoms with Gasteiger partial charge in [-0.1, -0.05) is 82.6 Å². The number of hydrogen-bond donors (Lipinski definition) is 7. The molecule has 0 saturated carbocycles. The van der Waals surface area contributed by atoms with Crippen molar-refractivity contribution in [2.75, 3.05) is 5.75 Å². The van der Waals surface area contributed by atoms with Crippen LogP contribution in [0.4, 0.5) is 0 Å². The van der Waals surface area contributed by atoms with Gasteiger partial charge in [0.15, 0.2) is 0 Å². The first-order valence-electron chi connectivity index (χ1n) is 15.5. The normalized spacial score (nSPS) is 15.2. The number of thiol groups is 1. The molecule has 6 atom stereocenters. The molecule has 0 aliphatic heterocycles. The van der Waals surface area contributed by atoms with Crippen LogP contribution in [-0.2, 0) is 36.8 Å². The second-order valence-corrected chi connectivity index (χ2v) is 12.2. The van der Waals surface area contributed by atoms with Gasteiger partial charge in [0.2, 0.25) is 29.9 Å². The van der Waals surface area contributed by atoms with E-state index in [0.29, 0.717) is 6.42 Å². The third-order valence-corrected chi connectivity index (χ3v) is 8.46. The highest BCUT2D eigenvalue weighted by Gasteiger charge is 2.32. The van der Waals surface area contributed by atoms with Crippen molar-refractivity contribution in [3.05, 3.63) is 71.9 Å². The highest BCUT2D eigenvalue weighted by Crippen LogP contribution is 2.19. The van der Waals surface area contributed by atoms with Crippen molar-refractivity contribution >= 4 is 53.4 Å². The van der Waals surface area contributed by atoms with Gasteiger partial charge in [-0.25, -0.2) is 0 Å². The number of fused-ring (bicyclic) bond motifs is 1. The van der Waals surface area contributed by atoms with Crippen molar-refractivity contribution in [2.24, 2.45) is 17.6 Å². The lowest BCUT2D eigenvalue weighted by Gasteiger charge is -2.28. The van der Waals surface area contributed by atoms with E-state index in [4.69, 9.17) is 5.73 Å². The first-order chi connectivity index (χ1) is 22.0. The Morgan fingerprint density at radius 3 is 2.09 bits per heavy atom. The molecule has 7 N–H and O–H groups in total. The van der Waals surface area contributed by atoms with Crippen LogP contribution < -0.4 is 27.0 Å². The molecule has 46 heavy (non-hydrogen) atoms. The molecule has 0 bridgehead atoms. The van der Waals surface area contributed by atoms with Crippen LogP contribution in [0.2, 0.25) is 0 Å². The Bertz CT molecular complexity index is 1480. The molecule has 3 rings (SSSR count). The van der Waals surface area contributed by atoms with E-state index in [1.165, 1.54) is 0 Å². The lowest BCUT2D eigenvalue weighted by atomic mass is 9.97. The fraction of sp³-hybridized carbons (Fsp3) is 0.441. The Labute approximate surface area is 275 Å². The minimum absolute atomic E-state index is 0.0757. The van der Waals surface area contributed by atoms with Gasteiger partial charge in [0.1, 0.15) is 18.1 Å². The van der Waals surface area contributed by atoms with Crippen molar-refractivity contribution in [1.82, 2.24) is 26.3 Å². The van der Waals surface area contributed by atoms with Crippen LogP contribution in [0, 0.1) is 11.8 Å². The van der Waals surface area contributed by atoms with Crippen molar-refractivity contribution in [1.29, 1.82) is 0 Å². The molecule has 11 nitrogen and oxygen atoms in total. The molecule has 0 aliphatic carbocycles. The molecule has 6 unspecified atom stereocenters. The molecule has 0 aliphatic rings. The SMILES string of the molecule is CCC(C)C(N)C(=O)NC(C(=O)NC(CS)C(=O)NC(Cc1ccccc1)C(=O)NC([C]=O)Cc1c[nH]c2ccccc12)C(C)C. The molecule has 0 fully saturated rings.